The summed E-state index contributed by atoms with van der Waals surface area (Å²) in [5.74, 6) is -0.285. The second kappa shape index (κ2) is 7.84. The molecular formula is C15H25N3O2S. The van der Waals surface area contributed by atoms with Crippen molar-refractivity contribution in [3.8, 4) is 0 Å². The molecular weight excluding hydrogens is 286 g/mol. The van der Waals surface area contributed by atoms with Gasteiger partial charge in [0.05, 0.1) is 18.5 Å². The molecule has 1 aliphatic carbocycles. The SMILES string of the molecule is CCOC(=O)c1cnn(C)c1CNC1CCCCC1SC. The topological polar surface area (TPSA) is 56.1 Å². The maximum absolute atomic E-state index is 11.9. The number of carbonyl (C=O) groups excluding carboxylic acids is 1. The molecule has 2 atom stereocenters. The zero-order valence-corrected chi connectivity index (χ0v) is 13.9. The molecule has 0 bridgehead atoms. The lowest BCUT2D eigenvalue weighted by Gasteiger charge is -2.31. The van der Waals surface area contributed by atoms with Crippen LogP contribution < -0.4 is 5.32 Å². The molecule has 1 aliphatic rings. The Hall–Kier alpha value is -1.01. The van der Waals surface area contributed by atoms with Crippen molar-refractivity contribution in [1.29, 1.82) is 0 Å². The third kappa shape index (κ3) is 4.01. The maximum atomic E-state index is 11.9. The minimum Gasteiger partial charge on any atom is -0.462 e. The van der Waals surface area contributed by atoms with Gasteiger partial charge in [-0.3, -0.25) is 4.68 Å². The van der Waals surface area contributed by atoms with Crippen LogP contribution in [0, 0.1) is 0 Å². The van der Waals surface area contributed by atoms with Crippen LogP contribution in [-0.2, 0) is 18.3 Å². The van der Waals surface area contributed by atoms with Gasteiger partial charge in [0.25, 0.3) is 0 Å². The summed E-state index contributed by atoms with van der Waals surface area (Å²) in [6.45, 7) is 2.86. The second-order valence-electron chi connectivity index (χ2n) is 5.40. The number of hydrogen-bond donors (Lipinski definition) is 1. The van der Waals surface area contributed by atoms with E-state index in [1.165, 1.54) is 25.7 Å². The first-order valence-corrected chi connectivity index (χ1v) is 8.90. The third-order valence-corrected chi connectivity index (χ3v) is 5.26. The molecule has 0 aromatic carbocycles. The molecule has 118 valence electrons. The molecule has 2 rings (SSSR count). The van der Waals surface area contributed by atoms with Crippen molar-refractivity contribution in [2.45, 2.75) is 50.4 Å². The first-order chi connectivity index (χ1) is 10.2. The predicted octanol–water partition coefficient (Wildman–Crippen LogP) is 2.36. The summed E-state index contributed by atoms with van der Waals surface area (Å²) < 4.78 is 6.85. The van der Waals surface area contributed by atoms with E-state index in [0.29, 0.717) is 30.0 Å². The van der Waals surface area contributed by atoms with Crippen molar-refractivity contribution in [3.63, 3.8) is 0 Å². The van der Waals surface area contributed by atoms with Gasteiger partial charge >= 0.3 is 5.97 Å². The number of rotatable bonds is 6. The number of carbonyl (C=O) groups is 1. The van der Waals surface area contributed by atoms with Gasteiger partial charge in [-0.1, -0.05) is 12.8 Å². The van der Waals surface area contributed by atoms with Gasteiger partial charge in [-0.05, 0) is 26.0 Å². The average molecular weight is 311 g/mol. The van der Waals surface area contributed by atoms with E-state index in [0.717, 1.165) is 5.69 Å². The van der Waals surface area contributed by atoms with Crippen molar-refractivity contribution < 1.29 is 9.53 Å². The van der Waals surface area contributed by atoms with E-state index >= 15 is 0 Å². The van der Waals surface area contributed by atoms with Gasteiger partial charge in [0, 0.05) is 24.9 Å². The number of aromatic nitrogens is 2. The maximum Gasteiger partial charge on any atom is 0.341 e. The fraction of sp³-hybridized carbons (Fsp3) is 0.733. The number of ether oxygens (including phenoxy) is 1. The van der Waals surface area contributed by atoms with E-state index in [-0.39, 0.29) is 5.97 Å². The first kappa shape index (κ1) is 16.4. The number of esters is 1. The van der Waals surface area contributed by atoms with Crippen LogP contribution in [0.4, 0.5) is 0 Å². The van der Waals surface area contributed by atoms with Gasteiger partial charge in [-0.2, -0.15) is 16.9 Å². The summed E-state index contributed by atoms with van der Waals surface area (Å²) in [5, 5.41) is 8.47. The highest BCUT2D eigenvalue weighted by Gasteiger charge is 2.25. The van der Waals surface area contributed by atoms with Crippen LogP contribution in [0.3, 0.4) is 0 Å². The number of aryl methyl sites for hydroxylation is 1. The molecule has 0 radical (unpaired) electrons. The zero-order valence-electron chi connectivity index (χ0n) is 13.1. The highest BCUT2D eigenvalue weighted by molar-refractivity contribution is 7.99. The minimum absolute atomic E-state index is 0.285. The predicted molar refractivity (Wildman–Crippen MR) is 85.6 cm³/mol. The highest BCUT2D eigenvalue weighted by Crippen LogP contribution is 2.27. The Kier molecular flexibility index (Phi) is 6.11. The van der Waals surface area contributed by atoms with Crippen LogP contribution in [-0.4, -0.2) is 39.9 Å². The van der Waals surface area contributed by atoms with Gasteiger partial charge in [0.1, 0.15) is 5.56 Å². The molecule has 0 saturated heterocycles. The standard InChI is InChI=1S/C15H25N3O2S/c1-4-20-15(19)11-9-17-18(2)13(11)10-16-12-7-5-6-8-14(12)21-3/h9,12,14,16H,4-8,10H2,1-3H3. The summed E-state index contributed by atoms with van der Waals surface area (Å²) in [6, 6.07) is 0.513. The molecule has 6 heteroatoms. The average Bonchev–Trinajstić information content (AvgIpc) is 2.86. The lowest BCUT2D eigenvalue weighted by atomic mass is 9.95. The molecule has 1 aromatic heterocycles. The molecule has 21 heavy (non-hydrogen) atoms. The Morgan fingerprint density at radius 1 is 1.52 bits per heavy atom. The number of thioether (sulfide) groups is 1. The van der Waals surface area contributed by atoms with Crippen LogP contribution in [0.15, 0.2) is 6.20 Å². The summed E-state index contributed by atoms with van der Waals surface area (Å²) in [5.41, 5.74) is 1.47. The van der Waals surface area contributed by atoms with Crippen LogP contribution in [0.5, 0.6) is 0 Å². The van der Waals surface area contributed by atoms with Gasteiger partial charge in [-0.15, -0.1) is 0 Å². The summed E-state index contributed by atoms with van der Waals surface area (Å²) in [6.07, 6.45) is 8.86. The number of hydrogen-bond acceptors (Lipinski definition) is 5. The molecule has 1 fully saturated rings. The van der Waals surface area contributed by atoms with Crippen LogP contribution >= 0.6 is 11.8 Å². The second-order valence-corrected chi connectivity index (χ2v) is 6.47. The Morgan fingerprint density at radius 2 is 2.29 bits per heavy atom. The van der Waals surface area contributed by atoms with Gasteiger partial charge < -0.3 is 10.1 Å². The van der Waals surface area contributed by atoms with Crippen molar-refractivity contribution >= 4 is 17.7 Å². The minimum atomic E-state index is -0.285. The highest BCUT2D eigenvalue weighted by atomic mass is 32.2. The van der Waals surface area contributed by atoms with E-state index in [9.17, 15) is 4.79 Å². The monoisotopic (exact) mass is 311 g/mol. The van der Waals surface area contributed by atoms with E-state index in [2.05, 4.69) is 16.7 Å². The van der Waals surface area contributed by atoms with Gasteiger partial charge in [-0.25, -0.2) is 4.79 Å². The molecule has 5 nitrogen and oxygen atoms in total. The fourth-order valence-electron chi connectivity index (χ4n) is 2.89. The van der Waals surface area contributed by atoms with Crippen molar-refractivity contribution in [2.24, 2.45) is 7.05 Å². The van der Waals surface area contributed by atoms with Crippen LogP contribution in [0.2, 0.25) is 0 Å². The van der Waals surface area contributed by atoms with E-state index in [1.54, 1.807) is 10.9 Å². The molecule has 0 spiro atoms. The summed E-state index contributed by atoms with van der Waals surface area (Å²) in [7, 11) is 1.87. The lowest BCUT2D eigenvalue weighted by molar-refractivity contribution is 0.0524. The third-order valence-electron chi connectivity index (χ3n) is 4.09. The normalized spacial score (nSPS) is 22.2. The Balaban J connectivity index is 2.02. The number of nitrogens with zero attached hydrogens (tertiary/aromatic N) is 2. The van der Waals surface area contributed by atoms with E-state index in [1.807, 2.05) is 25.7 Å². The van der Waals surface area contributed by atoms with Crippen molar-refractivity contribution in [2.75, 3.05) is 12.9 Å². The van der Waals surface area contributed by atoms with E-state index < -0.39 is 0 Å². The fourth-order valence-corrected chi connectivity index (χ4v) is 3.86. The first-order valence-electron chi connectivity index (χ1n) is 7.61. The molecule has 1 aromatic rings. The molecule has 0 amide bonds. The molecule has 0 aliphatic heterocycles. The lowest BCUT2D eigenvalue weighted by Crippen LogP contribution is -2.40. The van der Waals surface area contributed by atoms with Crippen LogP contribution in [0.1, 0.15) is 48.7 Å². The summed E-state index contributed by atoms with van der Waals surface area (Å²) in [4.78, 5) is 11.9. The van der Waals surface area contributed by atoms with Gasteiger partial charge in [0.15, 0.2) is 0 Å². The summed E-state index contributed by atoms with van der Waals surface area (Å²) >= 11 is 1.94. The molecule has 1 saturated carbocycles. The largest absolute Gasteiger partial charge is 0.462 e. The molecule has 2 unspecified atom stereocenters. The Morgan fingerprint density at radius 3 is 3.00 bits per heavy atom. The molecule has 1 heterocycles. The Bertz CT molecular complexity index is 475. The van der Waals surface area contributed by atoms with Crippen molar-refractivity contribution in [1.82, 2.24) is 15.1 Å². The quantitative estimate of drug-likeness (QED) is 0.817. The molecule has 1 N–H and O–H groups in total. The van der Waals surface area contributed by atoms with Crippen LogP contribution in [0.25, 0.3) is 0 Å². The van der Waals surface area contributed by atoms with Crippen molar-refractivity contribution in [3.05, 3.63) is 17.5 Å². The van der Waals surface area contributed by atoms with E-state index in [4.69, 9.17) is 4.74 Å². The zero-order chi connectivity index (χ0) is 15.2. The Labute approximate surface area is 130 Å². The number of nitrogens with one attached hydrogen (secondary N) is 1. The smallest absolute Gasteiger partial charge is 0.341 e. The van der Waals surface area contributed by atoms with Gasteiger partial charge in [0.2, 0.25) is 0 Å².